The number of hydrogen-bond donors (Lipinski definition) is 0. The van der Waals surface area contributed by atoms with Crippen LogP contribution in [-0.4, -0.2) is 39.7 Å². The fraction of sp³-hybridized carbons (Fsp3) is 0.545. The van der Waals surface area contributed by atoms with Crippen LogP contribution in [0.25, 0.3) is 10.4 Å². The number of rotatable bonds is 2. The number of hydrogen-bond acceptors (Lipinski definition) is 4. The molecule has 1 fully saturated rings. The molecule has 1 aliphatic heterocycles. The maximum Gasteiger partial charge on any atom is 0.274 e. The molecule has 0 unspecified atom stereocenters. The maximum atomic E-state index is 12.2. The van der Waals surface area contributed by atoms with E-state index in [0.717, 1.165) is 4.68 Å². The number of piperidine rings is 1. The Morgan fingerprint density at radius 2 is 2.16 bits per heavy atom. The molecule has 0 bridgehead atoms. The standard InChI is InChI=1S/C11H14N6O2/c1-16-10(18)3-2-9(14-16)11(19)17-6-4-8(5-7-17)13-15-12/h2-3,8H,4-7H2,1H3. The highest BCUT2D eigenvalue weighted by molar-refractivity contribution is 5.92. The van der Waals surface area contributed by atoms with Crippen LogP contribution in [-0.2, 0) is 7.05 Å². The van der Waals surface area contributed by atoms with Crippen LogP contribution in [0.5, 0.6) is 0 Å². The van der Waals surface area contributed by atoms with E-state index >= 15 is 0 Å². The quantitative estimate of drug-likeness (QED) is 0.445. The topological polar surface area (TPSA) is 104 Å². The molecule has 2 rings (SSSR count). The Morgan fingerprint density at radius 1 is 1.47 bits per heavy atom. The summed E-state index contributed by atoms with van der Waals surface area (Å²) in [5.74, 6) is -0.199. The van der Waals surface area contributed by atoms with Crippen molar-refractivity contribution in [3.05, 3.63) is 38.6 Å². The van der Waals surface area contributed by atoms with E-state index in [1.54, 1.807) is 4.90 Å². The summed E-state index contributed by atoms with van der Waals surface area (Å²) in [6, 6.07) is 2.72. The number of aromatic nitrogens is 2. The van der Waals surface area contributed by atoms with Gasteiger partial charge in [-0.2, -0.15) is 5.10 Å². The van der Waals surface area contributed by atoms with Crippen LogP contribution in [0.1, 0.15) is 23.3 Å². The molecule has 0 saturated carbocycles. The molecule has 19 heavy (non-hydrogen) atoms. The first-order valence-electron chi connectivity index (χ1n) is 5.99. The molecule has 1 aromatic rings. The van der Waals surface area contributed by atoms with Crippen molar-refractivity contribution in [1.82, 2.24) is 14.7 Å². The number of nitrogens with zero attached hydrogens (tertiary/aromatic N) is 6. The Labute approximate surface area is 109 Å². The highest BCUT2D eigenvalue weighted by Gasteiger charge is 2.23. The first-order valence-corrected chi connectivity index (χ1v) is 5.99. The Balaban J connectivity index is 2.07. The van der Waals surface area contributed by atoms with Crippen LogP contribution in [0, 0.1) is 0 Å². The zero-order chi connectivity index (χ0) is 13.8. The lowest BCUT2D eigenvalue weighted by molar-refractivity contribution is 0.0706. The van der Waals surface area contributed by atoms with Gasteiger partial charge in [0, 0.05) is 37.2 Å². The molecule has 0 aromatic carbocycles. The van der Waals surface area contributed by atoms with Gasteiger partial charge in [0.2, 0.25) is 0 Å². The van der Waals surface area contributed by atoms with Crippen molar-refractivity contribution >= 4 is 5.91 Å². The van der Waals surface area contributed by atoms with Gasteiger partial charge in [-0.25, -0.2) is 4.68 Å². The zero-order valence-electron chi connectivity index (χ0n) is 10.6. The lowest BCUT2D eigenvalue weighted by Gasteiger charge is -2.29. The summed E-state index contributed by atoms with van der Waals surface area (Å²) in [5.41, 5.74) is 8.37. The molecule has 8 heteroatoms. The second-order valence-electron chi connectivity index (χ2n) is 4.41. The highest BCUT2D eigenvalue weighted by Crippen LogP contribution is 2.15. The van der Waals surface area contributed by atoms with Crippen molar-refractivity contribution in [3.8, 4) is 0 Å². The van der Waals surface area contributed by atoms with Gasteiger partial charge in [0.15, 0.2) is 0 Å². The number of amides is 1. The van der Waals surface area contributed by atoms with Gasteiger partial charge >= 0.3 is 0 Å². The average molecular weight is 262 g/mol. The van der Waals surface area contributed by atoms with Gasteiger partial charge in [-0.15, -0.1) is 0 Å². The van der Waals surface area contributed by atoms with Gasteiger partial charge in [-0.05, 0) is 24.4 Å². The van der Waals surface area contributed by atoms with E-state index < -0.39 is 0 Å². The number of carbonyl (C=O) groups excluding carboxylic acids is 1. The largest absolute Gasteiger partial charge is 0.337 e. The minimum Gasteiger partial charge on any atom is -0.337 e. The number of carbonyl (C=O) groups is 1. The number of likely N-dealkylation sites (tertiary alicyclic amines) is 1. The first kappa shape index (κ1) is 13.1. The van der Waals surface area contributed by atoms with Gasteiger partial charge in [0.1, 0.15) is 5.69 Å². The first-order chi connectivity index (χ1) is 9.11. The Morgan fingerprint density at radius 3 is 2.74 bits per heavy atom. The van der Waals surface area contributed by atoms with Crippen LogP contribution in [0.2, 0.25) is 0 Å². The second-order valence-corrected chi connectivity index (χ2v) is 4.41. The fourth-order valence-electron chi connectivity index (χ4n) is 2.04. The third kappa shape index (κ3) is 2.92. The second kappa shape index (κ2) is 5.53. The van der Waals surface area contributed by atoms with E-state index in [2.05, 4.69) is 15.1 Å². The van der Waals surface area contributed by atoms with Crippen molar-refractivity contribution in [3.63, 3.8) is 0 Å². The molecule has 0 atom stereocenters. The Hall–Kier alpha value is -2.34. The van der Waals surface area contributed by atoms with Gasteiger partial charge < -0.3 is 4.90 Å². The third-order valence-electron chi connectivity index (χ3n) is 3.15. The molecular weight excluding hydrogens is 248 g/mol. The van der Waals surface area contributed by atoms with Gasteiger partial charge in [-0.1, -0.05) is 5.11 Å². The van der Waals surface area contributed by atoms with Crippen LogP contribution in [0.3, 0.4) is 0 Å². The average Bonchev–Trinajstić information content (AvgIpc) is 2.42. The van der Waals surface area contributed by atoms with Crippen molar-refractivity contribution in [2.24, 2.45) is 12.2 Å². The molecule has 0 aliphatic carbocycles. The van der Waals surface area contributed by atoms with E-state index in [1.807, 2.05) is 0 Å². The SMILES string of the molecule is Cn1nc(C(=O)N2CCC(N=[N+]=[N-])CC2)ccc1=O. The fourth-order valence-corrected chi connectivity index (χ4v) is 2.04. The maximum absolute atomic E-state index is 12.2. The van der Waals surface area contributed by atoms with E-state index in [9.17, 15) is 9.59 Å². The monoisotopic (exact) mass is 262 g/mol. The van der Waals surface area contributed by atoms with E-state index in [0.29, 0.717) is 25.9 Å². The lowest BCUT2D eigenvalue weighted by atomic mass is 10.1. The lowest BCUT2D eigenvalue weighted by Crippen LogP contribution is -2.40. The van der Waals surface area contributed by atoms with Gasteiger partial charge in [0.05, 0.1) is 0 Å². The zero-order valence-corrected chi connectivity index (χ0v) is 10.6. The van der Waals surface area contributed by atoms with Crippen LogP contribution < -0.4 is 5.56 Å². The summed E-state index contributed by atoms with van der Waals surface area (Å²) in [6.45, 7) is 1.07. The third-order valence-corrected chi connectivity index (χ3v) is 3.15. The highest BCUT2D eigenvalue weighted by atomic mass is 16.2. The Bertz CT molecular complexity index is 581. The molecule has 0 radical (unpaired) electrons. The summed E-state index contributed by atoms with van der Waals surface area (Å²) >= 11 is 0. The molecule has 1 amide bonds. The van der Waals surface area contributed by atoms with Crippen molar-refractivity contribution in [1.29, 1.82) is 0 Å². The normalized spacial score (nSPS) is 15.9. The van der Waals surface area contributed by atoms with Gasteiger partial charge in [0.25, 0.3) is 11.5 Å². The van der Waals surface area contributed by atoms with E-state index in [1.165, 1.54) is 19.2 Å². The number of aryl methyl sites for hydroxylation is 1. The summed E-state index contributed by atoms with van der Waals surface area (Å²) in [7, 11) is 1.51. The molecule has 2 heterocycles. The molecule has 0 spiro atoms. The van der Waals surface area contributed by atoms with Crippen molar-refractivity contribution in [2.45, 2.75) is 18.9 Å². The van der Waals surface area contributed by atoms with Crippen LogP contribution in [0.4, 0.5) is 0 Å². The minimum absolute atomic E-state index is 0.0397. The smallest absolute Gasteiger partial charge is 0.274 e. The summed E-state index contributed by atoms with van der Waals surface area (Å²) in [6.07, 6.45) is 1.31. The number of azide groups is 1. The van der Waals surface area contributed by atoms with Crippen LogP contribution in [0.15, 0.2) is 22.0 Å². The summed E-state index contributed by atoms with van der Waals surface area (Å²) in [4.78, 5) is 27.8. The predicted octanol–water partition coefficient (Wildman–Crippen LogP) is 0.695. The van der Waals surface area contributed by atoms with Gasteiger partial charge in [-0.3, -0.25) is 9.59 Å². The molecule has 0 N–H and O–H groups in total. The molecule has 8 nitrogen and oxygen atoms in total. The predicted molar refractivity (Wildman–Crippen MR) is 67.5 cm³/mol. The summed E-state index contributed by atoms with van der Waals surface area (Å²) in [5, 5.41) is 7.59. The molecule has 1 saturated heterocycles. The van der Waals surface area contributed by atoms with Crippen molar-refractivity contribution in [2.75, 3.05) is 13.1 Å². The molecule has 100 valence electrons. The molecule has 1 aliphatic rings. The van der Waals surface area contributed by atoms with E-state index in [4.69, 9.17) is 5.53 Å². The van der Waals surface area contributed by atoms with Crippen LogP contribution >= 0.6 is 0 Å². The summed E-state index contributed by atoms with van der Waals surface area (Å²) < 4.78 is 1.14. The van der Waals surface area contributed by atoms with E-state index in [-0.39, 0.29) is 23.2 Å². The Kier molecular flexibility index (Phi) is 3.82. The molecular formula is C11H14N6O2. The van der Waals surface area contributed by atoms with Crippen molar-refractivity contribution < 1.29 is 4.79 Å². The molecule has 1 aromatic heterocycles. The minimum atomic E-state index is -0.251.